The Labute approximate surface area is 94.1 Å². The second kappa shape index (κ2) is 5.46. The molecule has 88 valence electrons. The van der Waals surface area contributed by atoms with Gasteiger partial charge < -0.3 is 15.5 Å². The highest BCUT2D eigenvalue weighted by Crippen LogP contribution is 2.16. The van der Waals surface area contributed by atoms with E-state index < -0.39 is 5.97 Å². The van der Waals surface area contributed by atoms with Gasteiger partial charge in [0.15, 0.2) is 0 Å². The molecule has 1 aromatic heterocycles. The third-order valence-corrected chi connectivity index (χ3v) is 2.39. The van der Waals surface area contributed by atoms with Crippen molar-refractivity contribution in [2.75, 3.05) is 11.9 Å². The van der Waals surface area contributed by atoms with Crippen molar-refractivity contribution in [3.05, 3.63) is 24.0 Å². The van der Waals surface area contributed by atoms with E-state index in [-0.39, 0.29) is 24.1 Å². The lowest BCUT2D eigenvalue weighted by Gasteiger charge is -2.21. The number of aromatic carboxylic acids is 1. The average Bonchev–Trinajstić information content (AvgIpc) is 2.25. The Morgan fingerprint density at radius 2 is 2.25 bits per heavy atom. The first-order valence-electron chi connectivity index (χ1n) is 5.11. The van der Waals surface area contributed by atoms with Crippen LogP contribution in [0.25, 0.3) is 0 Å². The Balaban J connectivity index is 2.91. The summed E-state index contributed by atoms with van der Waals surface area (Å²) in [5.41, 5.74) is 0.594. The van der Waals surface area contributed by atoms with Gasteiger partial charge in [-0.25, -0.2) is 4.79 Å². The number of hydrogen-bond donors (Lipinski definition) is 3. The number of nitrogens with zero attached hydrogens (tertiary/aromatic N) is 1. The first-order valence-corrected chi connectivity index (χ1v) is 5.11. The van der Waals surface area contributed by atoms with E-state index in [1.807, 2.05) is 13.8 Å². The van der Waals surface area contributed by atoms with Crippen LogP contribution < -0.4 is 5.32 Å². The highest BCUT2D eigenvalue weighted by Gasteiger charge is 2.16. The molecule has 5 heteroatoms. The molecule has 0 bridgehead atoms. The quantitative estimate of drug-likeness (QED) is 0.700. The molecule has 0 saturated carbocycles. The van der Waals surface area contributed by atoms with Crippen molar-refractivity contribution in [3.8, 4) is 0 Å². The van der Waals surface area contributed by atoms with Gasteiger partial charge in [-0.3, -0.25) is 4.98 Å². The van der Waals surface area contributed by atoms with Crippen LogP contribution in [0.2, 0.25) is 0 Å². The Hall–Kier alpha value is -1.62. The second-order valence-electron chi connectivity index (χ2n) is 3.90. The van der Waals surface area contributed by atoms with Gasteiger partial charge in [-0.2, -0.15) is 0 Å². The number of aliphatic hydroxyl groups excluding tert-OH is 1. The average molecular weight is 224 g/mol. The third-order valence-electron chi connectivity index (χ3n) is 2.39. The second-order valence-corrected chi connectivity index (χ2v) is 3.90. The number of carboxylic acids is 1. The van der Waals surface area contributed by atoms with Crippen LogP contribution in [0.5, 0.6) is 0 Å². The topological polar surface area (TPSA) is 82.5 Å². The first kappa shape index (κ1) is 12.4. The van der Waals surface area contributed by atoms with Crippen LogP contribution in [0, 0.1) is 5.92 Å². The molecule has 0 amide bonds. The molecule has 1 aromatic rings. The lowest BCUT2D eigenvalue weighted by Crippen LogP contribution is -2.30. The normalized spacial score (nSPS) is 12.5. The summed E-state index contributed by atoms with van der Waals surface area (Å²) in [6, 6.07) is 1.25. The van der Waals surface area contributed by atoms with Gasteiger partial charge >= 0.3 is 5.97 Å². The van der Waals surface area contributed by atoms with E-state index in [0.29, 0.717) is 5.69 Å². The number of rotatable bonds is 5. The Kier molecular flexibility index (Phi) is 4.25. The summed E-state index contributed by atoms with van der Waals surface area (Å²) in [4.78, 5) is 14.8. The van der Waals surface area contributed by atoms with Gasteiger partial charge in [0, 0.05) is 6.20 Å². The van der Waals surface area contributed by atoms with Gasteiger partial charge in [-0.15, -0.1) is 0 Å². The van der Waals surface area contributed by atoms with Gasteiger partial charge in [0.2, 0.25) is 0 Å². The zero-order chi connectivity index (χ0) is 12.1. The first-order chi connectivity index (χ1) is 7.56. The highest BCUT2D eigenvalue weighted by molar-refractivity contribution is 5.93. The molecule has 1 unspecified atom stereocenters. The monoisotopic (exact) mass is 224 g/mol. The van der Waals surface area contributed by atoms with Gasteiger partial charge in [-0.05, 0) is 12.0 Å². The van der Waals surface area contributed by atoms with Crippen molar-refractivity contribution >= 4 is 11.7 Å². The maximum atomic E-state index is 10.9. The van der Waals surface area contributed by atoms with Crippen LogP contribution in [-0.2, 0) is 0 Å². The predicted molar refractivity (Wildman–Crippen MR) is 60.5 cm³/mol. The minimum atomic E-state index is -1.01. The number of hydrogen-bond acceptors (Lipinski definition) is 4. The van der Waals surface area contributed by atoms with E-state index in [9.17, 15) is 4.79 Å². The summed E-state index contributed by atoms with van der Waals surface area (Å²) >= 11 is 0. The zero-order valence-corrected chi connectivity index (χ0v) is 9.34. The lowest BCUT2D eigenvalue weighted by molar-refractivity contribution is 0.0697. The summed E-state index contributed by atoms with van der Waals surface area (Å²) in [5, 5.41) is 21.1. The van der Waals surface area contributed by atoms with Gasteiger partial charge in [0.25, 0.3) is 0 Å². The van der Waals surface area contributed by atoms with Crippen molar-refractivity contribution < 1.29 is 15.0 Å². The number of anilines is 1. The molecule has 1 atom stereocenters. The Morgan fingerprint density at radius 3 is 2.75 bits per heavy atom. The van der Waals surface area contributed by atoms with Gasteiger partial charge in [0.05, 0.1) is 30.1 Å². The fraction of sp³-hybridized carbons (Fsp3) is 0.455. The van der Waals surface area contributed by atoms with E-state index in [2.05, 4.69) is 10.3 Å². The minimum absolute atomic E-state index is 0.0500. The molecule has 0 radical (unpaired) electrons. The number of carboxylic acid groups (broad SMARTS) is 1. The molecule has 0 aliphatic carbocycles. The molecule has 16 heavy (non-hydrogen) atoms. The van der Waals surface area contributed by atoms with Crippen LogP contribution in [0.15, 0.2) is 18.5 Å². The maximum Gasteiger partial charge on any atom is 0.337 e. The summed E-state index contributed by atoms with van der Waals surface area (Å²) in [6.45, 7) is 3.85. The van der Waals surface area contributed by atoms with Crippen LogP contribution >= 0.6 is 0 Å². The number of carbonyl (C=O) groups is 1. The van der Waals surface area contributed by atoms with Crippen molar-refractivity contribution in [1.29, 1.82) is 0 Å². The van der Waals surface area contributed by atoms with Crippen LogP contribution in [0.3, 0.4) is 0 Å². The molecule has 0 saturated heterocycles. The van der Waals surface area contributed by atoms with Crippen molar-refractivity contribution in [3.63, 3.8) is 0 Å². The molecular formula is C11H16N2O3. The molecule has 0 aliphatic rings. The molecule has 1 heterocycles. The van der Waals surface area contributed by atoms with Crippen molar-refractivity contribution in [2.45, 2.75) is 19.9 Å². The SMILES string of the molecule is CC(C)C(CO)Nc1cnccc1C(=O)O. The van der Waals surface area contributed by atoms with Crippen molar-refractivity contribution in [1.82, 2.24) is 4.98 Å². The van der Waals surface area contributed by atoms with E-state index in [4.69, 9.17) is 10.2 Å². The van der Waals surface area contributed by atoms with Crippen LogP contribution in [0.4, 0.5) is 5.69 Å². The van der Waals surface area contributed by atoms with Gasteiger partial charge in [0.1, 0.15) is 0 Å². The standard InChI is InChI=1S/C11H16N2O3/c1-7(2)10(6-14)13-9-5-12-4-3-8(9)11(15)16/h3-5,7,10,13-14H,6H2,1-2H3,(H,15,16). The van der Waals surface area contributed by atoms with Crippen LogP contribution in [0.1, 0.15) is 24.2 Å². The molecule has 0 aromatic carbocycles. The molecule has 0 fully saturated rings. The van der Waals surface area contributed by atoms with E-state index >= 15 is 0 Å². The molecule has 0 aliphatic heterocycles. The van der Waals surface area contributed by atoms with Crippen LogP contribution in [-0.4, -0.2) is 33.8 Å². The zero-order valence-electron chi connectivity index (χ0n) is 9.34. The van der Waals surface area contributed by atoms with E-state index in [1.54, 1.807) is 0 Å². The molecule has 3 N–H and O–H groups in total. The summed E-state index contributed by atoms with van der Waals surface area (Å²) in [6.07, 6.45) is 2.88. The van der Waals surface area contributed by atoms with E-state index in [1.165, 1.54) is 18.5 Å². The fourth-order valence-electron chi connectivity index (χ4n) is 1.32. The van der Waals surface area contributed by atoms with Gasteiger partial charge in [-0.1, -0.05) is 13.8 Å². The minimum Gasteiger partial charge on any atom is -0.478 e. The molecule has 1 rings (SSSR count). The Morgan fingerprint density at radius 1 is 1.56 bits per heavy atom. The maximum absolute atomic E-state index is 10.9. The molecule has 0 spiro atoms. The van der Waals surface area contributed by atoms with Crippen molar-refractivity contribution in [2.24, 2.45) is 5.92 Å². The third kappa shape index (κ3) is 2.93. The number of aromatic nitrogens is 1. The van der Waals surface area contributed by atoms with E-state index in [0.717, 1.165) is 0 Å². The largest absolute Gasteiger partial charge is 0.478 e. The summed E-state index contributed by atoms with van der Waals surface area (Å²) in [7, 11) is 0. The number of pyridine rings is 1. The lowest BCUT2D eigenvalue weighted by atomic mass is 10.0. The smallest absolute Gasteiger partial charge is 0.337 e. The predicted octanol–water partition coefficient (Wildman–Crippen LogP) is 1.21. The number of nitrogens with one attached hydrogen (secondary N) is 1. The number of aliphatic hydroxyl groups is 1. The molecule has 5 nitrogen and oxygen atoms in total. The highest BCUT2D eigenvalue weighted by atomic mass is 16.4. The molecular weight excluding hydrogens is 208 g/mol. The fourth-order valence-corrected chi connectivity index (χ4v) is 1.32. The summed E-state index contributed by atoms with van der Waals surface area (Å²) in [5.74, 6) is -0.808. The summed E-state index contributed by atoms with van der Waals surface area (Å²) < 4.78 is 0. The Bertz CT molecular complexity index is 366.